The van der Waals surface area contributed by atoms with E-state index < -0.39 is 0 Å². The Morgan fingerprint density at radius 2 is 2.42 bits per heavy atom. The van der Waals surface area contributed by atoms with Crippen molar-refractivity contribution in [1.29, 1.82) is 0 Å². The minimum absolute atomic E-state index is 0.690. The number of hydrogen-bond acceptors (Lipinski definition) is 4. The first-order chi connectivity index (χ1) is 5.83. The van der Waals surface area contributed by atoms with Crippen LogP contribution >= 0.6 is 28.1 Å². The molecular formula is C7H5BrN2OS. The lowest BCUT2D eigenvalue weighted by atomic mass is 10.2. The minimum Gasteiger partial charge on any atom is -0.316 e. The van der Waals surface area contributed by atoms with E-state index in [2.05, 4.69) is 20.7 Å². The van der Waals surface area contributed by atoms with Crippen molar-refractivity contribution in [2.45, 2.75) is 0 Å². The predicted molar refractivity (Wildman–Crippen MR) is 51.8 cm³/mol. The third-order valence-corrected chi connectivity index (χ3v) is 3.23. The minimum atomic E-state index is 0.690. The zero-order chi connectivity index (χ0) is 8.55. The topological polar surface area (TPSA) is 32.3 Å². The lowest BCUT2D eigenvalue weighted by molar-refractivity contribution is -0.104. The van der Waals surface area contributed by atoms with Crippen LogP contribution in [0.5, 0.6) is 0 Å². The number of nitrogens with zero attached hydrogens (tertiary/aromatic N) is 1. The standard InChI is InChI=1S/C7H5BrN2OS/c8-7-2-1-5(4-11)6-3-9-12-10(6)7/h1-4,9H. The maximum atomic E-state index is 10.6. The summed E-state index contributed by atoms with van der Waals surface area (Å²) in [7, 11) is 0. The largest absolute Gasteiger partial charge is 0.316 e. The van der Waals surface area contributed by atoms with Gasteiger partial charge in [0, 0.05) is 11.8 Å². The van der Waals surface area contributed by atoms with Crippen molar-refractivity contribution in [1.82, 2.24) is 9.03 Å². The maximum Gasteiger partial charge on any atom is 0.152 e. The highest BCUT2D eigenvalue weighted by Crippen LogP contribution is 2.36. The van der Waals surface area contributed by atoms with Crippen molar-refractivity contribution in [3.8, 4) is 0 Å². The monoisotopic (exact) mass is 244 g/mol. The molecule has 0 amide bonds. The zero-order valence-electron chi connectivity index (χ0n) is 5.95. The average Bonchev–Trinajstić information content (AvgIpc) is 2.54. The molecule has 62 valence electrons. The number of nitrogens with one attached hydrogen (secondary N) is 1. The van der Waals surface area contributed by atoms with E-state index in [9.17, 15) is 4.79 Å². The van der Waals surface area contributed by atoms with Gasteiger partial charge in [0.2, 0.25) is 0 Å². The van der Waals surface area contributed by atoms with E-state index in [0.29, 0.717) is 5.57 Å². The van der Waals surface area contributed by atoms with Gasteiger partial charge in [0.25, 0.3) is 0 Å². The number of carbonyl (C=O) groups is 1. The summed E-state index contributed by atoms with van der Waals surface area (Å²) in [6.45, 7) is 0. The SMILES string of the molecule is O=CC1=CC=C(Br)N2SNC=C12. The molecule has 0 spiro atoms. The van der Waals surface area contributed by atoms with Gasteiger partial charge in [-0.05, 0) is 28.1 Å². The Morgan fingerprint density at radius 3 is 3.17 bits per heavy atom. The lowest BCUT2D eigenvalue weighted by Crippen LogP contribution is -2.13. The van der Waals surface area contributed by atoms with Gasteiger partial charge in [-0.15, -0.1) is 0 Å². The van der Waals surface area contributed by atoms with Crippen molar-refractivity contribution in [2.75, 3.05) is 0 Å². The van der Waals surface area contributed by atoms with Crippen LogP contribution in [0.2, 0.25) is 0 Å². The fourth-order valence-corrected chi connectivity index (χ4v) is 2.23. The Bertz CT molecular complexity index is 321. The second-order valence-corrected chi connectivity index (χ2v) is 3.86. The number of allylic oxidation sites excluding steroid dienone is 3. The van der Waals surface area contributed by atoms with E-state index in [4.69, 9.17) is 0 Å². The number of halogens is 1. The van der Waals surface area contributed by atoms with E-state index in [0.717, 1.165) is 16.6 Å². The predicted octanol–water partition coefficient (Wildman–Crippen LogP) is 1.67. The molecule has 5 heteroatoms. The van der Waals surface area contributed by atoms with Crippen LogP contribution < -0.4 is 4.72 Å². The normalized spacial score (nSPS) is 20.4. The van der Waals surface area contributed by atoms with Gasteiger partial charge in [-0.25, -0.2) is 0 Å². The number of hydrogen-bond donors (Lipinski definition) is 1. The second kappa shape index (κ2) is 2.99. The van der Waals surface area contributed by atoms with Gasteiger partial charge in [-0.2, -0.15) is 0 Å². The molecule has 0 fully saturated rings. The number of carbonyl (C=O) groups excluding carboxylic acids is 1. The highest BCUT2D eigenvalue weighted by Gasteiger charge is 2.24. The number of aldehydes is 1. The zero-order valence-corrected chi connectivity index (χ0v) is 8.35. The number of fused-ring (bicyclic) bond motifs is 1. The summed E-state index contributed by atoms with van der Waals surface area (Å²) in [5, 5.41) is 0. The van der Waals surface area contributed by atoms with Gasteiger partial charge in [-0.3, -0.25) is 9.10 Å². The molecule has 0 bridgehead atoms. The van der Waals surface area contributed by atoms with E-state index >= 15 is 0 Å². The molecule has 0 unspecified atom stereocenters. The smallest absolute Gasteiger partial charge is 0.152 e. The van der Waals surface area contributed by atoms with Crippen molar-refractivity contribution in [3.63, 3.8) is 0 Å². The van der Waals surface area contributed by atoms with Gasteiger partial charge < -0.3 is 4.72 Å². The molecular weight excluding hydrogens is 240 g/mol. The molecule has 3 nitrogen and oxygen atoms in total. The molecule has 2 aliphatic rings. The summed E-state index contributed by atoms with van der Waals surface area (Å²) >= 11 is 4.81. The Kier molecular flexibility index (Phi) is 1.98. The van der Waals surface area contributed by atoms with Crippen LogP contribution in [0.4, 0.5) is 0 Å². The van der Waals surface area contributed by atoms with E-state index in [1.54, 1.807) is 12.3 Å². The van der Waals surface area contributed by atoms with Gasteiger partial charge in [0.1, 0.15) is 0 Å². The second-order valence-electron chi connectivity index (χ2n) is 2.26. The number of rotatable bonds is 1. The van der Waals surface area contributed by atoms with Crippen LogP contribution in [-0.4, -0.2) is 10.6 Å². The van der Waals surface area contributed by atoms with Gasteiger partial charge in [0.15, 0.2) is 6.29 Å². The summed E-state index contributed by atoms with van der Waals surface area (Å²) in [6, 6.07) is 0. The first kappa shape index (κ1) is 7.94. The fourth-order valence-electron chi connectivity index (χ4n) is 1.01. The summed E-state index contributed by atoms with van der Waals surface area (Å²) in [6.07, 6.45) is 6.29. The highest BCUT2D eigenvalue weighted by molar-refractivity contribution is 9.11. The highest BCUT2D eigenvalue weighted by atomic mass is 79.9. The van der Waals surface area contributed by atoms with Gasteiger partial charge in [-0.1, -0.05) is 0 Å². The molecule has 12 heavy (non-hydrogen) atoms. The van der Waals surface area contributed by atoms with Crippen LogP contribution in [0.25, 0.3) is 0 Å². The van der Waals surface area contributed by atoms with Crippen molar-refractivity contribution in [3.05, 3.63) is 34.2 Å². The van der Waals surface area contributed by atoms with Crippen molar-refractivity contribution < 1.29 is 4.79 Å². The molecule has 2 heterocycles. The Hall–Kier alpha value is -0.680. The Labute approximate surface area is 82.6 Å². The molecule has 2 aliphatic heterocycles. The first-order valence-electron chi connectivity index (χ1n) is 3.29. The molecule has 0 aromatic rings. The Balaban J connectivity index is 2.43. The van der Waals surface area contributed by atoms with Crippen LogP contribution in [-0.2, 0) is 4.79 Å². The lowest BCUT2D eigenvalue weighted by Gasteiger charge is -2.20. The first-order valence-corrected chi connectivity index (χ1v) is 4.85. The third kappa shape index (κ3) is 1.09. The fraction of sp³-hybridized carbons (Fsp3) is 0. The summed E-state index contributed by atoms with van der Waals surface area (Å²) in [4.78, 5) is 10.6. The van der Waals surface area contributed by atoms with E-state index in [1.807, 2.05) is 10.4 Å². The van der Waals surface area contributed by atoms with Crippen LogP contribution in [0.1, 0.15) is 0 Å². The Morgan fingerprint density at radius 1 is 1.58 bits per heavy atom. The molecule has 0 aliphatic carbocycles. The molecule has 1 N–H and O–H groups in total. The molecule has 0 aromatic heterocycles. The summed E-state index contributed by atoms with van der Waals surface area (Å²) in [5.41, 5.74) is 1.58. The van der Waals surface area contributed by atoms with Crippen molar-refractivity contribution >= 4 is 34.4 Å². The molecule has 0 radical (unpaired) electrons. The quantitative estimate of drug-likeness (QED) is 0.432. The maximum absolute atomic E-state index is 10.6. The average molecular weight is 245 g/mol. The molecule has 0 atom stereocenters. The molecule has 0 saturated carbocycles. The third-order valence-electron chi connectivity index (χ3n) is 1.58. The molecule has 0 saturated heterocycles. The van der Waals surface area contributed by atoms with Crippen LogP contribution in [0.15, 0.2) is 34.2 Å². The van der Waals surface area contributed by atoms with E-state index in [-0.39, 0.29) is 0 Å². The summed E-state index contributed by atoms with van der Waals surface area (Å²) < 4.78 is 5.81. The van der Waals surface area contributed by atoms with Gasteiger partial charge >= 0.3 is 0 Å². The molecule has 0 aromatic carbocycles. The van der Waals surface area contributed by atoms with Crippen LogP contribution in [0, 0.1) is 0 Å². The van der Waals surface area contributed by atoms with Crippen LogP contribution in [0.3, 0.4) is 0 Å². The molecule has 2 rings (SSSR count). The van der Waals surface area contributed by atoms with Gasteiger partial charge in [0.05, 0.1) is 22.4 Å². The van der Waals surface area contributed by atoms with E-state index in [1.165, 1.54) is 12.1 Å². The summed E-state index contributed by atoms with van der Waals surface area (Å²) in [5.74, 6) is 0. The van der Waals surface area contributed by atoms with Crippen molar-refractivity contribution in [2.24, 2.45) is 0 Å².